The van der Waals surface area contributed by atoms with Gasteiger partial charge in [0.2, 0.25) is 0 Å². The van der Waals surface area contributed by atoms with Gasteiger partial charge in [-0.05, 0) is 42.9 Å². The smallest absolute Gasteiger partial charge is 0.00719 e. The summed E-state index contributed by atoms with van der Waals surface area (Å²) in [6.45, 7) is 4.50. The summed E-state index contributed by atoms with van der Waals surface area (Å²) in [7, 11) is 0. The third-order valence-corrected chi connectivity index (χ3v) is 3.30. The molecule has 0 fully saturated rings. The number of hydrogen-bond acceptors (Lipinski definition) is 0. The van der Waals surface area contributed by atoms with Crippen molar-refractivity contribution in [3.05, 3.63) is 34.9 Å². The first-order chi connectivity index (χ1) is 7.29. The van der Waals surface area contributed by atoms with Crippen LogP contribution in [0.25, 0.3) is 0 Å². The van der Waals surface area contributed by atoms with Crippen LogP contribution in [-0.2, 0) is 12.8 Å². The van der Waals surface area contributed by atoms with Gasteiger partial charge < -0.3 is 0 Å². The van der Waals surface area contributed by atoms with Gasteiger partial charge in [0.15, 0.2) is 0 Å². The van der Waals surface area contributed by atoms with Gasteiger partial charge in [-0.25, -0.2) is 0 Å². The first-order valence-corrected chi connectivity index (χ1v) is 7.05. The molecule has 1 aromatic carbocycles. The summed E-state index contributed by atoms with van der Waals surface area (Å²) in [5, 5.41) is 1.07. The Morgan fingerprint density at radius 2 is 1.93 bits per heavy atom. The predicted octanol–water partition coefficient (Wildman–Crippen LogP) is 4.67. The van der Waals surface area contributed by atoms with E-state index in [1.54, 1.807) is 5.56 Å². The molecule has 0 aromatic heterocycles. The number of alkyl halides is 1. The molecule has 15 heavy (non-hydrogen) atoms. The lowest BCUT2D eigenvalue weighted by Gasteiger charge is -2.11. The fourth-order valence-electron chi connectivity index (χ4n) is 2.01. The summed E-state index contributed by atoms with van der Waals surface area (Å²) in [4.78, 5) is 0. The lowest BCUT2D eigenvalue weighted by Crippen LogP contribution is -1.98. The summed E-state index contributed by atoms with van der Waals surface area (Å²) in [6, 6.07) is 6.69. The number of rotatable bonds is 6. The number of benzene rings is 1. The van der Waals surface area contributed by atoms with E-state index in [0.29, 0.717) is 0 Å². The zero-order valence-corrected chi connectivity index (χ0v) is 11.4. The van der Waals surface area contributed by atoms with E-state index in [9.17, 15) is 0 Å². The summed E-state index contributed by atoms with van der Waals surface area (Å²) >= 11 is 3.53. The first kappa shape index (κ1) is 12.8. The molecule has 0 N–H and O–H groups in total. The number of aryl methyl sites for hydroxylation is 2. The Morgan fingerprint density at radius 1 is 1.13 bits per heavy atom. The molecule has 0 amide bonds. The summed E-state index contributed by atoms with van der Waals surface area (Å²) in [6.07, 6.45) is 6.39. The van der Waals surface area contributed by atoms with Crippen molar-refractivity contribution in [3.8, 4) is 0 Å². The van der Waals surface area contributed by atoms with Gasteiger partial charge in [0, 0.05) is 5.33 Å². The minimum atomic E-state index is 1.07. The van der Waals surface area contributed by atoms with E-state index in [2.05, 4.69) is 48.0 Å². The van der Waals surface area contributed by atoms with Crippen molar-refractivity contribution >= 4 is 15.9 Å². The lowest BCUT2D eigenvalue weighted by atomic mass is 9.95. The van der Waals surface area contributed by atoms with Gasteiger partial charge in [0.05, 0.1) is 0 Å². The minimum absolute atomic E-state index is 1.07. The molecule has 0 saturated carbocycles. The van der Waals surface area contributed by atoms with Crippen molar-refractivity contribution in [1.29, 1.82) is 0 Å². The summed E-state index contributed by atoms with van der Waals surface area (Å²) in [5.41, 5.74) is 4.58. The molecule has 1 heteroatoms. The van der Waals surface area contributed by atoms with Crippen LogP contribution in [-0.4, -0.2) is 5.33 Å². The highest BCUT2D eigenvalue weighted by Gasteiger charge is 2.04. The molecule has 0 nitrogen and oxygen atoms in total. The van der Waals surface area contributed by atoms with Gasteiger partial charge in [0.1, 0.15) is 0 Å². The summed E-state index contributed by atoms with van der Waals surface area (Å²) in [5.74, 6) is 0. The van der Waals surface area contributed by atoms with Crippen LogP contribution in [0.4, 0.5) is 0 Å². The highest BCUT2D eigenvalue weighted by molar-refractivity contribution is 9.09. The maximum absolute atomic E-state index is 3.53. The van der Waals surface area contributed by atoms with Crippen LogP contribution < -0.4 is 0 Å². The monoisotopic (exact) mass is 268 g/mol. The van der Waals surface area contributed by atoms with Crippen LogP contribution in [0.1, 0.15) is 42.9 Å². The predicted molar refractivity (Wildman–Crippen MR) is 71.9 cm³/mol. The molecule has 0 aliphatic carbocycles. The number of hydrogen-bond donors (Lipinski definition) is 0. The maximum Gasteiger partial charge on any atom is 0.00719 e. The van der Waals surface area contributed by atoms with E-state index >= 15 is 0 Å². The van der Waals surface area contributed by atoms with Gasteiger partial charge in [-0.1, -0.05) is 53.9 Å². The SMILES string of the molecule is CCCCCc1c(C)cccc1CCBr. The molecule has 1 aromatic rings. The van der Waals surface area contributed by atoms with Crippen LogP contribution >= 0.6 is 15.9 Å². The molecule has 0 saturated heterocycles. The summed E-state index contributed by atoms with van der Waals surface area (Å²) < 4.78 is 0. The van der Waals surface area contributed by atoms with Crippen molar-refractivity contribution in [2.75, 3.05) is 5.33 Å². The van der Waals surface area contributed by atoms with Crippen molar-refractivity contribution in [3.63, 3.8) is 0 Å². The maximum atomic E-state index is 3.53. The molecule has 0 atom stereocenters. The van der Waals surface area contributed by atoms with Crippen molar-refractivity contribution in [1.82, 2.24) is 0 Å². The number of unbranched alkanes of at least 4 members (excludes halogenated alkanes) is 2. The molecule has 0 heterocycles. The second-order valence-corrected chi connectivity index (χ2v) is 4.90. The van der Waals surface area contributed by atoms with Gasteiger partial charge in [-0.3, -0.25) is 0 Å². The fourth-order valence-corrected chi connectivity index (χ4v) is 2.44. The van der Waals surface area contributed by atoms with E-state index in [1.165, 1.54) is 36.8 Å². The molecule has 0 aliphatic heterocycles. The molecule has 0 aliphatic rings. The molecule has 0 unspecified atom stereocenters. The first-order valence-electron chi connectivity index (χ1n) is 5.93. The zero-order chi connectivity index (χ0) is 11.1. The van der Waals surface area contributed by atoms with Crippen molar-refractivity contribution in [2.24, 2.45) is 0 Å². The highest BCUT2D eigenvalue weighted by Crippen LogP contribution is 2.18. The lowest BCUT2D eigenvalue weighted by molar-refractivity contribution is 0.711. The largest absolute Gasteiger partial charge is 0.0924 e. The molecular formula is C14H21Br. The van der Waals surface area contributed by atoms with Gasteiger partial charge >= 0.3 is 0 Å². The molecule has 0 radical (unpaired) electrons. The Labute approximate surface area is 102 Å². The standard InChI is InChI=1S/C14H21Br/c1-3-4-5-9-14-12(2)7-6-8-13(14)10-11-15/h6-8H,3-5,9-11H2,1-2H3. The van der Waals surface area contributed by atoms with Gasteiger partial charge in [-0.2, -0.15) is 0 Å². The topological polar surface area (TPSA) is 0 Å². The Bertz CT molecular complexity index is 291. The van der Waals surface area contributed by atoms with E-state index in [4.69, 9.17) is 0 Å². The van der Waals surface area contributed by atoms with Crippen LogP contribution in [0.15, 0.2) is 18.2 Å². The fraction of sp³-hybridized carbons (Fsp3) is 0.571. The average molecular weight is 269 g/mol. The van der Waals surface area contributed by atoms with E-state index in [1.807, 2.05) is 0 Å². The van der Waals surface area contributed by atoms with Crippen LogP contribution in [0, 0.1) is 6.92 Å². The average Bonchev–Trinajstić information content (AvgIpc) is 2.23. The number of halogens is 1. The van der Waals surface area contributed by atoms with E-state index < -0.39 is 0 Å². The zero-order valence-electron chi connectivity index (χ0n) is 9.85. The third-order valence-electron chi connectivity index (χ3n) is 2.90. The van der Waals surface area contributed by atoms with Crippen LogP contribution in [0.5, 0.6) is 0 Å². The Morgan fingerprint density at radius 3 is 2.60 bits per heavy atom. The normalized spacial score (nSPS) is 10.6. The Hall–Kier alpha value is -0.300. The van der Waals surface area contributed by atoms with Gasteiger partial charge in [-0.15, -0.1) is 0 Å². The molecule has 84 valence electrons. The highest BCUT2D eigenvalue weighted by atomic mass is 79.9. The van der Waals surface area contributed by atoms with E-state index in [0.717, 1.165) is 11.8 Å². The Kier molecular flexibility index (Phi) is 6.00. The van der Waals surface area contributed by atoms with Crippen LogP contribution in [0.3, 0.4) is 0 Å². The molecule has 0 bridgehead atoms. The quantitative estimate of drug-likeness (QED) is 0.520. The second-order valence-electron chi connectivity index (χ2n) is 4.11. The molecular weight excluding hydrogens is 248 g/mol. The van der Waals surface area contributed by atoms with Crippen molar-refractivity contribution < 1.29 is 0 Å². The third kappa shape index (κ3) is 3.98. The molecule has 0 spiro atoms. The minimum Gasteiger partial charge on any atom is -0.0924 e. The Balaban J connectivity index is 2.72. The van der Waals surface area contributed by atoms with Crippen LogP contribution in [0.2, 0.25) is 0 Å². The second kappa shape index (κ2) is 7.05. The van der Waals surface area contributed by atoms with Crippen molar-refractivity contribution in [2.45, 2.75) is 46.0 Å². The van der Waals surface area contributed by atoms with E-state index in [-0.39, 0.29) is 0 Å². The molecule has 1 rings (SSSR count). The van der Waals surface area contributed by atoms with Gasteiger partial charge in [0.25, 0.3) is 0 Å².